The van der Waals surface area contributed by atoms with E-state index in [1.807, 2.05) is 0 Å². The molecule has 0 radical (unpaired) electrons. The first-order valence-electron chi connectivity index (χ1n) is 6.23. The van der Waals surface area contributed by atoms with Crippen LogP contribution in [0.4, 0.5) is 5.69 Å². The molecule has 0 saturated heterocycles. The van der Waals surface area contributed by atoms with E-state index < -0.39 is 17.6 Å². The second kappa shape index (κ2) is 6.57. The van der Waals surface area contributed by atoms with Crippen molar-refractivity contribution in [1.29, 1.82) is 0 Å². The van der Waals surface area contributed by atoms with E-state index in [-0.39, 0.29) is 11.4 Å². The fourth-order valence-electron chi connectivity index (χ4n) is 1.73. The number of ether oxygens (including phenoxy) is 2. The maximum absolute atomic E-state index is 11.9. The summed E-state index contributed by atoms with van der Waals surface area (Å²) in [5, 5.41) is 3.19. The van der Waals surface area contributed by atoms with E-state index in [0.29, 0.717) is 11.0 Å². The molecule has 7 heteroatoms. The maximum Gasteiger partial charge on any atom is 0.360 e. The van der Waals surface area contributed by atoms with Crippen LogP contribution in [0.2, 0.25) is 0 Å². The van der Waals surface area contributed by atoms with Gasteiger partial charge < -0.3 is 19.2 Å². The second-order valence-electron chi connectivity index (χ2n) is 4.18. The number of fused-ring (bicyclic) bond motifs is 1. The molecule has 0 spiro atoms. The molecule has 7 nitrogen and oxygen atoms in total. The van der Waals surface area contributed by atoms with Crippen molar-refractivity contribution in [2.45, 2.75) is 0 Å². The van der Waals surface area contributed by atoms with Crippen LogP contribution in [0.15, 0.2) is 51.3 Å². The molecular weight excluding hydrogens is 290 g/mol. The first-order chi connectivity index (χ1) is 10.5. The molecule has 0 fully saturated rings. The SMILES string of the molecule is COC(=O)C=C(Nc1cc2ccccc2oc1=O)C(=O)OC. The van der Waals surface area contributed by atoms with E-state index in [1.54, 1.807) is 24.3 Å². The monoisotopic (exact) mass is 303 g/mol. The molecule has 22 heavy (non-hydrogen) atoms. The molecule has 0 aliphatic carbocycles. The van der Waals surface area contributed by atoms with Gasteiger partial charge in [-0.3, -0.25) is 0 Å². The summed E-state index contributed by atoms with van der Waals surface area (Å²) in [6.45, 7) is 0. The largest absolute Gasteiger partial charge is 0.466 e. The van der Waals surface area contributed by atoms with Crippen molar-refractivity contribution in [3.05, 3.63) is 52.5 Å². The summed E-state index contributed by atoms with van der Waals surface area (Å²) in [5.74, 6) is -1.59. The van der Waals surface area contributed by atoms with Gasteiger partial charge in [-0.1, -0.05) is 18.2 Å². The van der Waals surface area contributed by atoms with E-state index in [0.717, 1.165) is 20.3 Å². The fourth-order valence-corrected chi connectivity index (χ4v) is 1.73. The number of rotatable bonds is 4. The predicted molar refractivity (Wildman–Crippen MR) is 78.2 cm³/mol. The van der Waals surface area contributed by atoms with Crippen LogP contribution in [0.1, 0.15) is 0 Å². The van der Waals surface area contributed by atoms with Crippen molar-refractivity contribution in [3.8, 4) is 0 Å². The average Bonchev–Trinajstić information content (AvgIpc) is 2.53. The van der Waals surface area contributed by atoms with E-state index >= 15 is 0 Å². The van der Waals surface area contributed by atoms with Crippen molar-refractivity contribution in [2.75, 3.05) is 19.5 Å². The fraction of sp³-hybridized carbons (Fsp3) is 0.133. The molecule has 0 unspecified atom stereocenters. The van der Waals surface area contributed by atoms with Gasteiger partial charge in [0.05, 0.1) is 20.3 Å². The van der Waals surface area contributed by atoms with Gasteiger partial charge in [-0.05, 0) is 12.1 Å². The van der Waals surface area contributed by atoms with Crippen molar-refractivity contribution >= 4 is 28.6 Å². The van der Waals surface area contributed by atoms with Gasteiger partial charge in [0.15, 0.2) is 0 Å². The van der Waals surface area contributed by atoms with Gasteiger partial charge in [0, 0.05) is 5.39 Å². The first-order valence-corrected chi connectivity index (χ1v) is 6.23. The number of methoxy groups -OCH3 is 2. The van der Waals surface area contributed by atoms with Crippen LogP contribution < -0.4 is 10.9 Å². The Labute approximate surface area is 125 Å². The van der Waals surface area contributed by atoms with Gasteiger partial charge in [-0.15, -0.1) is 0 Å². The Morgan fingerprint density at radius 3 is 2.59 bits per heavy atom. The number of hydrogen-bond acceptors (Lipinski definition) is 7. The molecular formula is C15H13NO6. The summed E-state index contributed by atoms with van der Waals surface area (Å²) < 4.78 is 14.1. The highest BCUT2D eigenvalue weighted by molar-refractivity contribution is 5.99. The lowest BCUT2D eigenvalue weighted by atomic mass is 10.2. The number of para-hydroxylation sites is 1. The van der Waals surface area contributed by atoms with Crippen LogP contribution in [-0.4, -0.2) is 26.2 Å². The summed E-state index contributed by atoms with van der Waals surface area (Å²) in [5.41, 5.74) is -0.510. The molecule has 0 aliphatic heterocycles. The van der Waals surface area contributed by atoms with Crippen molar-refractivity contribution in [1.82, 2.24) is 0 Å². The standard InChI is InChI=1S/C15H13NO6/c1-20-13(17)8-11(14(18)21-2)16-10-7-9-5-3-4-6-12(9)22-15(10)19/h3-8,16H,1-2H3. The molecule has 1 heterocycles. The number of carbonyl (C=O) groups excluding carboxylic acids is 2. The highest BCUT2D eigenvalue weighted by Gasteiger charge is 2.15. The van der Waals surface area contributed by atoms with Crippen LogP contribution in [0.3, 0.4) is 0 Å². The lowest BCUT2D eigenvalue weighted by Gasteiger charge is -2.08. The molecule has 2 rings (SSSR count). The number of anilines is 1. The molecule has 0 saturated carbocycles. The second-order valence-corrected chi connectivity index (χ2v) is 4.18. The van der Waals surface area contributed by atoms with Gasteiger partial charge in [0.2, 0.25) is 0 Å². The van der Waals surface area contributed by atoms with Gasteiger partial charge in [0.1, 0.15) is 17.0 Å². The van der Waals surface area contributed by atoms with E-state index in [1.165, 1.54) is 6.07 Å². The zero-order valence-corrected chi connectivity index (χ0v) is 11.9. The van der Waals surface area contributed by atoms with E-state index in [9.17, 15) is 14.4 Å². The molecule has 1 N–H and O–H groups in total. The Balaban J connectivity index is 2.44. The molecule has 0 amide bonds. The Morgan fingerprint density at radius 1 is 1.18 bits per heavy atom. The van der Waals surface area contributed by atoms with Crippen molar-refractivity contribution < 1.29 is 23.5 Å². The van der Waals surface area contributed by atoms with Gasteiger partial charge in [-0.2, -0.15) is 0 Å². The lowest BCUT2D eigenvalue weighted by molar-refractivity contribution is -0.138. The number of hydrogen-bond donors (Lipinski definition) is 1. The van der Waals surface area contributed by atoms with E-state index in [2.05, 4.69) is 14.8 Å². The smallest absolute Gasteiger partial charge is 0.360 e. The third-order valence-electron chi connectivity index (χ3n) is 2.78. The zero-order chi connectivity index (χ0) is 16.1. The Hall–Kier alpha value is -3.09. The summed E-state index contributed by atoms with van der Waals surface area (Å²) in [4.78, 5) is 34.8. The highest BCUT2D eigenvalue weighted by Crippen LogP contribution is 2.16. The minimum atomic E-state index is -0.821. The normalized spacial score (nSPS) is 11.1. The van der Waals surface area contributed by atoms with Crippen LogP contribution >= 0.6 is 0 Å². The molecule has 0 bridgehead atoms. The number of esters is 2. The first kappa shape index (κ1) is 15.3. The van der Waals surface area contributed by atoms with Crippen LogP contribution in [-0.2, 0) is 19.1 Å². The quantitative estimate of drug-likeness (QED) is 0.518. The Kier molecular flexibility index (Phi) is 4.57. The molecule has 114 valence electrons. The van der Waals surface area contributed by atoms with Crippen molar-refractivity contribution in [3.63, 3.8) is 0 Å². The van der Waals surface area contributed by atoms with Crippen molar-refractivity contribution in [2.24, 2.45) is 0 Å². The maximum atomic E-state index is 11.9. The minimum Gasteiger partial charge on any atom is -0.466 e. The Bertz CT molecular complexity index is 805. The molecule has 2 aromatic rings. The minimum absolute atomic E-state index is 0.000692. The third kappa shape index (κ3) is 3.32. The summed E-state index contributed by atoms with van der Waals surface area (Å²) in [6, 6.07) is 8.40. The highest BCUT2D eigenvalue weighted by atomic mass is 16.5. The number of benzene rings is 1. The van der Waals surface area contributed by atoms with E-state index in [4.69, 9.17) is 4.42 Å². The molecule has 0 aliphatic rings. The van der Waals surface area contributed by atoms with Crippen LogP contribution in [0.5, 0.6) is 0 Å². The number of nitrogens with one attached hydrogen (secondary N) is 1. The molecule has 1 aromatic heterocycles. The molecule has 1 aromatic carbocycles. The molecule has 0 atom stereocenters. The summed E-state index contributed by atoms with van der Waals surface area (Å²) >= 11 is 0. The average molecular weight is 303 g/mol. The van der Waals surface area contributed by atoms with Crippen LogP contribution in [0.25, 0.3) is 11.0 Å². The summed E-state index contributed by atoms with van der Waals surface area (Å²) in [6.07, 6.45) is 0.889. The number of carbonyl (C=O) groups is 2. The lowest BCUT2D eigenvalue weighted by Crippen LogP contribution is -2.19. The van der Waals surface area contributed by atoms with Gasteiger partial charge >= 0.3 is 17.6 Å². The predicted octanol–water partition coefficient (Wildman–Crippen LogP) is 1.43. The Morgan fingerprint density at radius 2 is 1.91 bits per heavy atom. The van der Waals surface area contributed by atoms with Gasteiger partial charge in [-0.25, -0.2) is 14.4 Å². The zero-order valence-electron chi connectivity index (χ0n) is 11.9. The van der Waals surface area contributed by atoms with Gasteiger partial charge in [0.25, 0.3) is 0 Å². The summed E-state index contributed by atoms with van der Waals surface area (Å²) in [7, 11) is 2.32. The third-order valence-corrected chi connectivity index (χ3v) is 2.78. The topological polar surface area (TPSA) is 94.8 Å². The van der Waals surface area contributed by atoms with Crippen LogP contribution in [0, 0.1) is 0 Å².